The van der Waals surface area contributed by atoms with Crippen molar-refractivity contribution < 1.29 is 9.18 Å². The maximum Gasteiger partial charge on any atom is 0.245 e. The van der Waals surface area contributed by atoms with Gasteiger partial charge in [-0.05, 0) is 19.9 Å². The third kappa shape index (κ3) is 2.85. The number of carbonyl (C=O) groups is 1. The zero-order chi connectivity index (χ0) is 15.7. The number of hydrogen-bond acceptors (Lipinski definition) is 2. The maximum atomic E-state index is 13.7. The average molecular weight is 332 g/mol. The molecule has 1 heterocycles. The van der Waals surface area contributed by atoms with Crippen molar-refractivity contribution in [1.82, 2.24) is 14.5 Å². The van der Waals surface area contributed by atoms with Crippen LogP contribution in [0.1, 0.15) is 25.7 Å². The fourth-order valence-electron chi connectivity index (χ4n) is 2.25. The van der Waals surface area contributed by atoms with Crippen LogP contribution in [0.15, 0.2) is 12.1 Å². The van der Waals surface area contributed by atoms with E-state index < -0.39 is 11.9 Å². The number of rotatable bonds is 4. The molecule has 114 valence electrons. The van der Waals surface area contributed by atoms with E-state index in [1.165, 1.54) is 12.1 Å². The van der Waals surface area contributed by atoms with Crippen LogP contribution < -0.4 is 0 Å². The molecule has 2 rings (SSSR count). The highest BCUT2D eigenvalue weighted by molar-refractivity contribution is 6.31. The van der Waals surface area contributed by atoms with Crippen LogP contribution in [0.2, 0.25) is 5.02 Å². The topological polar surface area (TPSA) is 38.1 Å². The Hall–Kier alpha value is -1.33. The molecule has 0 aliphatic heterocycles. The lowest BCUT2D eigenvalue weighted by molar-refractivity contribution is -0.132. The summed E-state index contributed by atoms with van der Waals surface area (Å²) in [6.07, 6.45) is 0. The first kappa shape index (κ1) is 16.0. The third-order valence-electron chi connectivity index (χ3n) is 3.52. The van der Waals surface area contributed by atoms with E-state index in [-0.39, 0.29) is 16.8 Å². The van der Waals surface area contributed by atoms with E-state index in [1.54, 1.807) is 23.4 Å². The number of hydrogen-bond donors (Lipinski definition) is 0. The van der Waals surface area contributed by atoms with Crippen molar-refractivity contribution in [2.24, 2.45) is 0 Å². The van der Waals surface area contributed by atoms with Gasteiger partial charge in [0, 0.05) is 19.7 Å². The lowest BCUT2D eigenvalue weighted by Crippen LogP contribution is -2.33. The quantitative estimate of drug-likeness (QED) is 0.802. The normalized spacial score (nSPS) is 12.7. The van der Waals surface area contributed by atoms with Crippen LogP contribution in [0.3, 0.4) is 0 Å². The van der Waals surface area contributed by atoms with Gasteiger partial charge in [-0.25, -0.2) is 9.37 Å². The van der Waals surface area contributed by atoms with Gasteiger partial charge in [-0.2, -0.15) is 0 Å². The number of benzene rings is 1. The second-order valence-electron chi connectivity index (χ2n) is 4.82. The van der Waals surface area contributed by atoms with Crippen molar-refractivity contribution in [2.75, 3.05) is 13.6 Å². The van der Waals surface area contributed by atoms with Crippen molar-refractivity contribution >= 4 is 40.1 Å². The molecule has 1 unspecified atom stereocenters. The van der Waals surface area contributed by atoms with E-state index in [1.807, 2.05) is 6.92 Å². The summed E-state index contributed by atoms with van der Waals surface area (Å²) in [7, 11) is 1.72. The van der Waals surface area contributed by atoms with Gasteiger partial charge >= 0.3 is 0 Å². The monoisotopic (exact) mass is 331 g/mol. The highest BCUT2D eigenvalue weighted by Crippen LogP contribution is 2.27. The minimum Gasteiger partial charge on any atom is -0.344 e. The van der Waals surface area contributed by atoms with Crippen molar-refractivity contribution in [3.63, 3.8) is 0 Å². The number of fused-ring (bicyclic) bond motifs is 1. The molecule has 0 aliphatic carbocycles. The molecule has 0 aliphatic rings. The van der Waals surface area contributed by atoms with Crippen LogP contribution in [0.4, 0.5) is 4.39 Å². The molecule has 1 atom stereocenters. The molecule has 1 aromatic heterocycles. The minimum atomic E-state index is -0.546. The van der Waals surface area contributed by atoms with Crippen molar-refractivity contribution in [3.05, 3.63) is 28.8 Å². The molecule has 0 N–H and O–H groups in total. The molecule has 7 heteroatoms. The van der Waals surface area contributed by atoms with Crippen molar-refractivity contribution in [2.45, 2.75) is 25.8 Å². The van der Waals surface area contributed by atoms with Gasteiger partial charge in [-0.15, -0.1) is 11.6 Å². The summed E-state index contributed by atoms with van der Waals surface area (Å²) in [5, 5.41) is -0.00192. The van der Waals surface area contributed by atoms with E-state index in [9.17, 15) is 9.18 Å². The summed E-state index contributed by atoms with van der Waals surface area (Å²) in [5.41, 5.74) is 1.04. The Kier molecular flexibility index (Phi) is 4.74. The van der Waals surface area contributed by atoms with E-state index in [0.717, 1.165) is 0 Å². The van der Waals surface area contributed by atoms with E-state index in [4.69, 9.17) is 23.2 Å². The third-order valence-corrected chi connectivity index (χ3v) is 4.05. The summed E-state index contributed by atoms with van der Waals surface area (Å²) in [6.45, 7) is 4.23. The van der Waals surface area contributed by atoms with Gasteiger partial charge in [-0.3, -0.25) is 4.79 Å². The molecule has 0 fully saturated rings. The summed E-state index contributed by atoms with van der Waals surface area (Å²) in [6, 6.07) is 2.21. The highest BCUT2D eigenvalue weighted by atomic mass is 35.5. The van der Waals surface area contributed by atoms with Crippen LogP contribution >= 0.6 is 23.2 Å². The van der Waals surface area contributed by atoms with Gasteiger partial charge in [0.2, 0.25) is 5.91 Å². The molecule has 4 nitrogen and oxygen atoms in total. The van der Waals surface area contributed by atoms with Gasteiger partial charge < -0.3 is 9.47 Å². The molecule has 21 heavy (non-hydrogen) atoms. The van der Waals surface area contributed by atoms with Gasteiger partial charge in [-0.1, -0.05) is 11.6 Å². The Balaban J connectivity index is 2.61. The van der Waals surface area contributed by atoms with Gasteiger partial charge in [0.15, 0.2) is 0 Å². The zero-order valence-corrected chi connectivity index (χ0v) is 13.5. The zero-order valence-electron chi connectivity index (χ0n) is 12.0. The largest absolute Gasteiger partial charge is 0.344 e. The summed E-state index contributed by atoms with van der Waals surface area (Å²) < 4.78 is 15.4. The Morgan fingerprint density at radius 2 is 2.19 bits per heavy atom. The second kappa shape index (κ2) is 6.20. The first-order valence-electron chi connectivity index (χ1n) is 6.57. The predicted molar refractivity (Wildman–Crippen MR) is 82.3 cm³/mol. The van der Waals surface area contributed by atoms with Crippen LogP contribution in [-0.2, 0) is 10.7 Å². The highest BCUT2D eigenvalue weighted by Gasteiger charge is 2.24. The fourth-order valence-corrected chi connectivity index (χ4v) is 2.60. The number of likely N-dealkylation sites (N-methyl/N-ethyl adjacent to an activating group) is 1. The van der Waals surface area contributed by atoms with Gasteiger partial charge in [0.1, 0.15) is 17.7 Å². The summed E-state index contributed by atoms with van der Waals surface area (Å²) in [5.74, 6) is 0.00798. The summed E-state index contributed by atoms with van der Waals surface area (Å²) in [4.78, 5) is 18.3. The van der Waals surface area contributed by atoms with Gasteiger partial charge in [0.05, 0.1) is 21.9 Å². The molecular formula is C14H16Cl2FN3O. The first-order chi connectivity index (χ1) is 9.90. The summed E-state index contributed by atoms with van der Waals surface area (Å²) >= 11 is 11.7. The van der Waals surface area contributed by atoms with Crippen molar-refractivity contribution in [3.8, 4) is 0 Å². The molecule has 0 saturated heterocycles. The molecule has 0 radical (unpaired) electrons. The molecule has 1 aromatic carbocycles. The SMILES string of the molecule is CCN(C)C(=O)C(C)n1c(CCl)nc2cc(Cl)c(F)cc21. The minimum absolute atomic E-state index is 0.00192. The Bertz CT molecular complexity index is 686. The lowest BCUT2D eigenvalue weighted by Gasteiger charge is -2.22. The lowest BCUT2D eigenvalue weighted by atomic mass is 10.2. The number of nitrogens with zero attached hydrogens (tertiary/aromatic N) is 3. The molecule has 0 bridgehead atoms. The van der Waals surface area contributed by atoms with Crippen molar-refractivity contribution in [1.29, 1.82) is 0 Å². The predicted octanol–water partition coefficient (Wildman–Crippen LogP) is 3.61. The number of halogens is 3. The van der Waals surface area contributed by atoms with E-state index in [0.29, 0.717) is 23.4 Å². The molecule has 1 amide bonds. The maximum absolute atomic E-state index is 13.7. The molecule has 0 saturated carbocycles. The second-order valence-corrected chi connectivity index (χ2v) is 5.49. The van der Waals surface area contributed by atoms with Crippen LogP contribution in [0, 0.1) is 5.82 Å². The van der Waals surface area contributed by atoms with Crippen LogP contribution in [0.25, 0.3) is 11.0 Å². The van der Waals surface area contributed by atoms with E-state index in [2.05, 4.69) is 4.98 Å². The Morgan fingerprint density at radius 3 is 2.76 bits per heavy atom. The number of aromatic nitrogens is 2. The standard InChI is InChI=1S/C14H16Cl2FN3O/c1-4-19(3)14(21)8(2)20-12-6-10(17)9(16)5-11(12)18-13(20)7-15/h5-6,8H,4,7H2,1-3H3. The smallest absolute Gasteiger partial charge is 0.245 e. The number of alkyl halides is 1. The van der Waals surface area contributed by atoms with Crippen LogP contribution in [0.5, 0.6) is 0 Å². The number of imidazole rings is 1. The number of amides is 1. The molecule has 0 spiro atoms. The van der Waals surface area contributed by atoms with Crippen LogP contribution in [-0.4, -0.2) is 34.0 Å². The fraction of sp³-hybridized carbons (Fsp3) is 0.429. The molecule has 2 aromatic rings. The Labute approximate surface area is 132 Å². The Morgan fingerprint density at radius 1 is 1.52 bits per heavy atom. The van der Waals surface area contributed by atoms with E-state index >= 15 is 0 Å². The van der Waals surface area contributed by atoms with Gasteiger partial charge in [0.25, 0.3) is 0 Å². The average Bonchev–Trinajstić information content (AvgIpc) is 2.82. The molecular weight excluding hydrogens is 316 g/mol. The number of carbonyl (C=O) groups excluding carboxylic acids is 1. The first-order valence-corrected chi connectivity index (χ1v) is 7.48.